The average molecular weight is 443 g/mol. The Bertz CT molecular complexity index is 1020. The van der Waals surface area contributed by atoms with Crippen molar-refractivity contribution in [1.29, 1.82) is 0 Å². The number of nitrogens with zero attached hydrogens (tertiary/aromatic N) is 1. The molecule has 2 aromatic carbocycles. The van der Waals surface area contributed by atoms with E-state index in [0.717, 1.165) is 30.4 Å². The molecule has 1 atom stereocenters. The van der Waals surface area contributed by atoms with Crippen molar-refractivity contribution in [2.24, 2.45) is 0 Å². The molecule has 3 rings (SSSR count). The summed E-state index contributed by atoms with van der Waals surface area (Å²) in [5.74, 6) is -0.0396. The fraction of sp³-hybridized carbons (Fsp3) is 0.480. The summed E-state index contributed by atoms with van der Waals surface area (Å²) < 4.78 is 25.9. The minimum Gasteiger partial charge on any atom is -0.349 e. The van der Waals surface area contributed by atoms with Gasteiger partial charge in [-0.1, -0.05) is 37.3 Å². The number of rotatable bonds is 9. The summed E-state index contributed by atoms with van der Waals surface area (Å²) in [6.45, 7) is 4.29. The zero-order valence-electron chi connectivity index (χ0n) is 18.9. The summed E-state index contributed by atoms with van der Waals surface area (Å²) in [6.07, 6.45) is 7.55. The Hall–Kier alpha value is -2.34. The Morgan fingerprint density at radius 2 is 1.84 bits per heavy atom. The lowest BCUT2D eigenvalue weighted by atomic mass is 9.89. The van der Waals surface area contributed by atoms with E-state index in [2.05, 4.69) is 30.4 Å². The number of sulfonamides is 1. The molecule has 0 radical (unpaired) electrons. The van der Waals surface area contributed by atoms with Gasteiger partial charge in [0.1, 0.15) is 0 Å². The zero-order valence-corrected chi connectivity index (χ0v) is 19.7. The first-order valence-electron chi connectivity index (χ1n) is 11.2. The number of hydrogen-bond acceptors (Lipinski definition) is 3. The van der Waals surface area contributed by atoms with Crippen molar-refractivity contribution in [3.63, 3.8) is 0 Å². The molecular weight excluding hydrogens is 408 g/mol. The van der Waals surface area contributed by atoms with Gasteiger partial charge in [-0.05, 0) is 79.8 Å². The molecule has 1 N–H and O–H groups in total. The average Bonchev–Trinajstić information content (AvgIpc) is 2.73. The molecule has 1 amide bonds. The molecule has 0 heterocycles. The maximum Gasteiger partial charge on any atom is 0.232 e. The molecule has 0 fully saturated rings. The van der Waals surface area contributed by atoms with Crippen molar-refractivity contribution in [3.05, 3.63) is 64.7 Å². The van der Waals surface area contributed by atoms with Gasteiger partial charge in [0.2, 0.25) is 15.9 Å². The Kier molecular flexibility index (Phi) is 7.76. The Labute approximate surface area is 186 Å². The summed E-state index contributed by atoms with van der Waals surface area (Å²) >= 11 is 0. The van der Waals surface area contributed by atoms with Crippen molar-refractivity contribution in [1.82, 2.24) is 5.32 Å². The molecule has 0 aliphatic heterocycles. The van der Waals surface area contributed by atoms with Crippen molar-refractivity contribution < 1.29 is 13.2 Å². The number of amides is 1. The second kappa shape index (κ2) is 10.3. The molecule has 0 aromatic heterocycles. The summed E-state index contributed by atoms with van der Waals surface area (Å²) in [4.78, 5) is 12.6. The van der Waals surface area contributed by atoms with E-state index in [1.54, 1.807) is 6.07 Å². The molecule has 168 valence electrons. The van der Waals surface area contributed by atoms with Crippen LogP contribution in [-0.2, 0) is 27.7 Å². The lowest BCUT2D eigenvalue weighted by Gasteiger charge is -2.23. The minimum atomic E-state index is -3.41. The molecule has 31 heavy (non-hydrogen) atoms. The maximum atomic E-state index is 12.6. The topological polar surface area (TPSA) is 66.5 Å². The largest absolute Gasteiger partial charge is 0.349 e. The molecule has 0 saturated carbocycles. The van der Waals surface area contributed by atoms with E-state index < -0.39 is 10.0 Å². The first-order chi connectivity index (χ1) is 14.8. The van der Waals surface area contributed by atoms with E-state index in [9.17, 15) is 13.2 Å². The summed E-state index contributed by atoms with van der Waals surface area (Å²) in [5.41, 5.74) is 5.66. The van der Waals surface area contributed by atoms with Crippen molar-refractivity contribution in [2.75, 3.05) is 17.1 Å². The van der Waals surface area contributed by atoms with Crippen LogP contribution in [0.3, 0.4) is 0 Å². The number of fused-ring (bicyclic) bond motifs is 1. The van der Waals surface area contributed by atoms with E-state index in [0.29, 0.717) is 18.5 Å². The van der Waals surface area contributed by atoms with E-state index >= 15 is 0 Å². The predicted molar refractivity (Wildman–Crippen MR) is 127 cm³/mol. The first kappa shape index (κ1) is 23.3. The van der Waals surface area contributed by atoms with Gasteiger partial charge < -0.3 is 5.32 Å². The van der Waals surface area contributed by atoms with Gasteiger partial charge in [0.15, 0.2) is 0 Å². The fourth-order valence-electron chi connectivity index (χ4n) is 4.31. The van der Waals surface area contributed by atoms with Crippen LogP contribution in [0.4, 0.5) is 5.69 Å². The van der Waals surface area contributed by atoms with Crippen molar-refractivity contribution in [3.8, 4) is 0 Å². The van der Waals surface area contributed by atoms with Gasteiger partial charge in [-0.15, -0.1) is 0 Å². The van der Waals surface area contributed by atoms with E-state index in [4.69, 9.17) is 0 Å². The van der Waals surface area contributed by atoms with Gasteiger partial charge in [-0.3, -0.25) is 9.10 Å². The first-order valence-corrected chi connectivity index (χ1v) is 13.1. The monoisotopic (exact) mass is 442 g/mol. The Balaban J connectivity index is 1.59. The van der Waals surface area contributed by atoms with Crippen LogP contribution < -0.4 is 9.62 Å². The lowest BCUT2D eigenvalue weighted by Crippen LogP contribution is -2.33. The normalized spacial score (nSPS) is 14.5. The van der Waals surface area contributed by atoms with Gasteiger partial charge in [0, 0.05) is 13.0 Å². The Morgan fingerprint density at radius 1 is 1.10 bits per heavy atom. The molecule has 1 aliphatic rings. The SMILES string of the molecule is CC[C@@H](NC(=O)CCCN(c1cccc(C)c1)S(C)(=O)=O)c1ccc2c(c1)CCCC2. The van der Waals surface area contributed by atoms with Gasteiger partial charge in [-0.2, -0.15) is 0 Å². The quantitative estimate of drug-likeness (QED) is 0.613. The summed E-state index contributed by atoms with van der Waals surface area (Å²) in [6, 6.07) is 14.0. The third-order valence-electron chi connectivity index (χ3n) is 5.97. The third-order valence-corrected chi connectivity index (χ3v) is 7.17. The number of hydrogen-bond donors (Lipinski definition) is 1. The van der Waals surface area contributed by atoms with Crippen LogP contribution in [0.15, 0.2) is 42.5 Å². The molecular formula is C25H34N2O3S. The fourth-order valence-corrected chi connectivity index (χ4v) is 5.27. The second-order valence-corrected chi connectivity index (χ2v) is 10.4. The lowest BCUT2D eigenvalue weighted by molar-refractivity contribution is -0.121. The minimum absolute atomic E-state index is 0.0116. The highest BCUT2D eigenvalue weighted by Crippen LogP contribution is 2.26. The number of aryl methyl sites for hydroxylation is 3. The van der Waals surface area contributed by atoms with Crippen LogP contribution in [0.5, 0.6) is 0 Å². The highest BCUT2D eigenvalue weighted by atomic mass is 32.2. The van der Waals surface area contributed by atoms with E-state index in [1.807, 2.05) is 25.1 Å². The van der Waals surface area contributed by atoms with Crippen LogP contribution in [0.2, 0.25) is 0 Å². The molecule has 1 aliphatic carbocycles. The molecule has 0 spiro atoms. The molecule has 2 aromatic rings. The highest BCUT2D eigenvalue weighted by Gasteiger charge is 2.19. The third kappa shape index (κ3) is 6.33. The zero-order chi connectivity index (χ0) is 22.4. The number of nitrogens with one attached hydrogen (secondary N) is 1. The van der Waals surface area contributed by atoms with Gasteiger partial charge in [0.05, 0.1) is 18.0 Å². The number of anilines is 1. The second-order valence-electron chi connectivity index (χ2n) is 8.54. The van der Waals surface area contributed by atoms with Crippen LogP contribution in [0.25, 0.3) is 0 Å². The van der Waals surface area contributed by atoms with Gasteiger partial charge >= 0.3 is 0 Å². The predicted octanol–water partition coefficient (Wildman–Crippen LogP) is 4.69. The van der Waals surface area contributed by atoms with Crippen molar-refractivity contribution >= 4 is 21.6 Å². The molecule has 0 saturated heterocycles. The Morgan fingerprint density at radius 3 is 2.52 bits per heavy atom. The van der Waals surface area contributed by atoms with Crippen LogP contribution in [0, 0.1) is 6.92 Å². The van der Waals surface area contributed by atoms with Gasteiger partial charge in [0.25, 0.3) is 0 Å². The van der Waals surface area contributed by atoms with Crippen LogP contribution >= 0.6 is 0 Å². The maximum absolute atomic E-state index is 12.6. The molecule has 5 nitrogen and oxygen atoms in total. The van der Waals surface area contributed by atoms with E-state index in [-0.39, 0.29) is 18.5 Å². The van der Waals surface area contributed by atoms with Gasteiger partial charge in [-0.25, -0.2) is 8.42 Å². The van der Waals surface area contributed by atoms with Crippen LogP contribution in [-0.4, -0.2) is 27.1 Å². The number of benzene rings is 2. The molecule has 0 unspecified atom stereocenters. The standard InChI is InChI=1S/C25H34N2O3S/c1-4-24(22-15-14-20-10-5-6-11-21(20)18-22)26-25(28)13-8-16-27(31(3,29)30)23-12-7-9-19(2)17-23/h7,9,12,14-15,17-18,24H,4-6,8,10-11,13,16H2,1-3H3,(H,26,28)/t24-/m1/s1. The smallest absolute Gasteiger partial charge is 0.232 e. The number of carbonyl (C=O) groups excluding carboxylic acids is 1. The van der Waals surface area contributed by atoms with E-state index in [1.165, 1.54) is 34.5 Å². The number of carbonyl (C=O) groups is 1. The molecule has 6 heteroatoms. The molecule has 0 bridgehead atoms. The summed E-state index contributed by atoms with van der Waals surface area (Å²) in [5, 5.41) is 3.14. The van der Waals surface area contributed by atoms with Crippen LogP contribution in [0.1, 0.15) is 67.3 Å². The highest BCUT2D eigenvalue weighted by molar-refractivity contribution is 7.92. The summed E-state index contributed by atoms with van der Waals surface area (Å²) in [7, 11) is -3.41. The van der Waals surface area contributed by atoms with Crippen molar-refractivity contribution in [2.45, 2.75) is 64.8 Å².